The van der Waals surface area contributed by atoms with Gasteiger partial charge >= 0.3 is 5.97 Å². The Labute approximate surface area is 117 Å². The summed E-state index contributed by atoms with van der Waals surface area (Å²) in [6, 6.07) is 0.367. The summed E-state index contributed by atoms with van der Waals surface area (Å²) >= 11 is 0. The monoisotopic (exact) mass is 271 g/mol. The van der Waals surface area contributed by atoms with Crippen LogP contribution in [0.1, 0.15) is 26.7 Å². The van der Waals surface area contributed by atoms with E-state index < -0.39 is 5.54 Å². The molecule has 112 valence electrons. The molecule has 1 saturated carbocycles. The highest BCUT2D eigenvalue weighted by Gasteiger charge is 2.50. The van der Waals surface area contributed by atoms with Gasteiger partial charge in [0.1, 0.15) is 5.54 Å². The largest absolute Gasteiger partial charge is 0.468 e. The molecule has 0 aromatic rings. The molecule has 1 fully saturated rings. The van der Waals surface area contributed by atoms with Crippen molar-refractivity contribution in [2.75, 3.05) is 40.8 Å². The molecule has 1 aliphatic rings. The number of likely N-dealkylation sites (N-methyl/N-ethyl adjacent to an activating group) is 2. The number of carbonyl (C=O) groups is 1. The Kier molecular flexibility index (Phi) is 5.77. The number of ether oxygens (including phenoxy) is 1. The molecule has 0 bridgehead atoms. The number of nitrogens with two attached hydrogens (primary N) is 1. The second-order valence-corrected chi connectivity index (χ2v) is 5.98. The van der Waals surface area contributed by atoms with Crippen LogP contribution in [0.5, 0.6) is 0 Å². The number of nitrogens with zero attached hydrogens (tertiary/aromatic N) is 2. The highest BCUT2D eigenvalue weighted by Crippen LogP contribution is 2.39. The van der Waals surface area contributed by atoms with E-state index in [1.807, 2.05) is 0 Å². The lowest BCUT2D eigenvalue weighted by Crippen LogP contribution is -2.60. The van der Waals surface area contributed by atoms with Crippen LogP contribution in [0.25, 0.3) is 0 Å². The maximum Gasteiger partial charge on any atom is 0.327 e. The number of esters is 1. The SMILES string of the molecule is CCN(CC(N)(C(=O)OC)C1CC1)C(C)CN(C)C. The maximum atomic E-state index is 12.0. The third kappa shape index (κ3) is 4.16. The minimum Gasteiger partial charge on any atom is -0.468 e. The van der Waals surface area contributed by atoms with Crippen molar-refractivity contribution in [3.63, 3.8) is 0 Å². The second kappa shape index (κ2) is 6.68. The molecule has 0 spiro atoms. The third-order valence-electron chi connectivity index (χ3n) is 3.99. The van der Waals surface area contributed by atoms with Gasteiger partial charge in [0.2, 0.25) is 0 Å². The molecular weight excluding hydrogens is 242 g/mol. The molecule has 0 heterocycles. The van der Waals surface area contributed by atoms with Crippen LogP contribution in [0.15, 0.2) is 0 Å². The Bertz CT molecular complexity index is 305. The molecule has 0 aliphatic heterocycles. The average Bonchev–Trinajstić information content (AvgIpc) is 3.17. The lowest BCUT2D eigenvalue weighted by Gasteiger charge is -2.37. The van der Waals surface area contributed by atoms with Gasteiger partial charge in [-0.15, -0.1) is 0 Å². The van der Waals surface area contributed by atoms with Crippen LogP contribution in [0.3, 0.4) is 0 Å². The zero-order valence-corrected chi connectivity index (χ0v) is 13.0. The van der Waals surface area contributed by atoms with Gasteiger partial charge in [-0.05, 0) is 46.3 Å². The molecule has 5 nitrogen and oxygen atoms in total. The van der Waals surface area contributed by atoms with Crippen molar-refractivity contribution in [1.29, 1.82) is 0 Å². The standard InChI is InChI=1S/C14H29N3O2/c1-6-17(11(2)9-16(3)4)10-14(15,12-7-8-12)13(18)19-5/h11-12H,6-10,15H2,1-5H3. The van der Waals surface area contributed by atoms with E-state index in [-0.39, 0.29) is 11.9 Å². The van der Waals surface area contributed by atoms with Crippen molar-refractivity contribution in [2.45, 2.75) is 38.3 Å². The first-order valence-corrected chi connectivity index (χ1v) is 7.11. The number of carbonyl (C=O) groups excluding carboxylic acids is 1. The van der Waals surface area contributed by atoms with E-state index in [4.69, 9.17) is 10.5 Å². The summed E-state index contributed by atoms with van der Waals surface area (Å²) in [7, 11) is 5.54. The lowest BCUT2D eigenvalue weighted by atomic mass is 9.93. The fraction of sp³-hybridized carbons (Fsp3) is 0.929. The smallest absolute Gasteiger partial charge is 0.327 e. The van der Waals surface area contributed by atoms with E-state index >= 15 is 0 Å². The first kappa shape index (κ1) is 16.4. The molecule has 0 aromatic heterocycles. The zero-order valence-electron chi connectivity index (χ0n) is 13.0. The molecule has 5 heteroatoms. The van der Waals surface area contributed by atoms with Crippen molar-refractivity contribution < 1.29 is 9.53 Å². The fourth-order valence-corrected chi connectivity index (χ4v) is 2.71. The van der Waals surface area contributed by atoms with Crippen molar-refractivity contribution in [3.05, 3.63) is 0 Å². The zero-order chi connectivity index (χ0) is 14.6. The van der Waals surface area contributed by atoms with Gasteiger partial charge in [0.15, 0.2) is 0 Å². The summed E-state index contributed by atoms with van der Waals surface area (Å²) < 4.78 is 4.92. The van der Waals surface area contributed by atoms with Crippen LogP contribution in [-0.2, 0) is 9.53 Å². The van der Waals surface area contributed by atoms with Crippen molar-refractivity contribution in [3.8, 4) is 0 Å². The number of methoxy groups -OCH3 is 1. The average molecular weight is 271 g/mol. The maximum absolute atomic E-state index is 12.0. The summed E-state index contributed by atoms with van der Waals surface area (Å²) in [6.07, 6.45) is 2.07. The van der Waals surface area contributed by atoms with Crippen molar-refractivity contribution >= 4 is 5.97 Å². The molecule has 0 radical (unpaired) electrons. The van der Waals surface area contributed by atoms with Gasteiger partial charge < -0.3 is 15.4 Å². The molecule has 19 heavy (non-hydrogen) atoms. The summed E-state index contributed by atoms with van der Waals surface area (Å²) in [5.41, 5.74) is 5.53. The Hall–Kier alpha value is -0.650. The molecule has 0 saturated heterocycles. The first-order chi connectivity index (χ1) is 8.85. The Balaban J connectivity index is 2.73. The predicted octanol–water partition coefficient (Wildman–Crippen LogP) is 0.539. The minimum absolute atomic E-state index is 0.273. The van der Waals surface area contributed by atoms with Crippen LogP contribution >= 0.6 is 0 Å². The van der Waals surface area contributed by atoms with Crippen molar-refractivity contribution in [2.24, 2.45) is 11.7 Å². The molecule has 1 rings (SSSR count). The summed E-state index contributed by atoms with van der Waals surface area (Å²) in [4.78, 5) is 16.5. The van der Waals surface area contributed by atoms with Gasteiger partial charge in [0.05, 0.1) is 7.11 Å². The van der Waals surface area contributed by atoms with Gasteiger partial charge in [0.25, 0.3) is 0 Å². The molecule has 2 unspecified atom stereocenters. The molecule has 2 atom stereocenters. The normalized spacial score (nSPS) is 20.4. The topological polar surface area (TPSA) is 58.8 Å². The van der Waals surface area contributed by atoms with Crippen LogP contribution < -0.4 is 5.73 Å². The number of hydrogen-bond donors (Lipinski definition) is 1. The van der Waals surface area contributed by atoms with Gasteiger partial charge in [-0.1, -0.05) is 6.92 Å². The summed E-state index contributed by atoms with van der Waals surface area (Å²) in [5.74, 6) is 0.00561. The van der Waals surface area contributed by atoms with E-state index in [0.29, 0.717) is 12.6 Å². The Morgan fingerprint density at radius 3 is 2.42 bits per heavy atom. The van der Waals surface area contributed by atoms with Gasteiger partial charge in [-0.2, -0.15) is 0 Å². The minimum atomic E-state index is -0.842. The second-order valence-electron chi connectivity index (χ2n) is 5.98. The predicted molar refractivity (Wildman–Crippen MR) is 76.9 cm³/mol. The van der Waals surface area contributed by atoms with Crippen molar-refractivity contribution in [1.82, 2.24) is 9.80 Å². The summed E-state index contributed by atoms with van der Waals surface area (Å²) in [6.45, 7) is 6.70. The van der Waals surface area contributed by atoms with E-state index in [1.165, 1.54) is 7.11 Å². The van der Waals surface area contributed by atoms with Gasteiger partial charge in [-0.3, -0.25) is 9.69 Å². The van der Waals surface area contributed by atoms with Crippen LogP contribution in [0, 0.1) is 5.92 Å². The molecule has 0 aromatic carbocycles. The van der Waals surface area contributed by atoms with E-state index in [1.54, 1.807) is 0 Å². The summed E-state index contributed by atoms with van der Waals surface area (Å²) in [5, 5.41) is 0. The third-order valence-corrected chi connectivity index (χ3v) is 3.99. The fourth-order valence-electron chi connectivity index (χ4n) is 2.71. The first-order valence-electron chi connectivity index (χ1n) is 7.11. The van der Waals surface area contributed by atoms with E-state index in [0.717, 1.165) is 25.9 Å². The Morgan fingerprint density at radius 2 is 2.05 bits per heavy atom. The Morgan fingerprint density at radius 1 is 1.47 bits per heavy atom. The molecule has 2 N–H and O–H groups in total. The van der Waals surface area contributed by atoms with Crippen LogP contribution in [0.2, 0.25) is 0 Å². The molecule has 0 amide bonds. The lowest BCUT2D eigenvalue weighted by molar-refractivity contribution is -0.149. The quantitative estimate of drug-likeness (QED) is 0.653. The van der Waals surface area contributed by atoms with Gasteiger partial charge in [0, 0.05) is 19.1 Å². The van der Waals surface area contributed by atoms with E-state index in [2.05, 4.69) is 37.7 Å². The highest BCUT2D eigenvalue weighted by molar-refractivity contribution is 5.81. The van der Waals surface area contributed by atoms with Gasteiger partial charge in [-0.25, -0.2) is 0 Å². The number of hydrogen-bond acceptors (Lipinski definition) is 5. The van der Waals surface area contributed by atoms with Crippen LogP contribution in [0.4, 0.5) is 0 Å². The number of rotatable bonds is 8. The molecule has 1 aliphatic carbocycles. The van der Waals surface area contributed by atoms with Crippen LogP contribution in [-0.4, -0.2) is 68.2 Å². The molecular formula is C14H29N3O2. The van der Waals surface area contributed by atoms with E-state index in [9.17, 15) is 4.79 Å². The highest BCUT2D eigenvalue weighted by atomic mass is 16.5.